The van der Waals surface area contributed by atoms with E-state index in [9.17, 15) is 37.6 Å². The fraction of sp³-hybridized carbons (Fsp3) is 0.241. The Labute approximate surface area is 242 Å². The molecule has 1 aliphatic heterocycles. The third-order valence-electron chi connectivity index (χ3n) is 6.07. The highest BCUT2D eigenvalue weighted by Crippen LogP contribution is 2.39. The quantitative estimate of drug-likeness (QED) is 0.187. The van der Waals surface area contributed by atoms with Gasteiger partial charge in [-0.25, -0.2) is 14.7 Å². The van der Waals surface area contributed by atoms with Gasteiger partial charge in [-0.1, -0.05) is 11.8 Å². The van der Waals surface area contributed by atoms with Crippen LogP contribution in [0.5, 0.6) is 5.75 Å². The Morgan fingerprint density at radius 2 is 1.74 bits per heavy atom. The SMILES string of the molecule is CCOc1ccc(C(=O)COC(=O)c2ccc(N3C(=O)CC(Sc4nc(C)cc(C(F)(F)F)c4C#N)C3=O)cc2)cc1. The smallest absolute Gasteiger partial charge is 0.417 e. The number of aryl methyl sites for hydroxylation is 1. The molecule has 0 bridgehead atoms. The number of hydrogen-bond acceptors (Lipinski definition) is 9. The van der Waals surface area contributed by atoms with Crippen molar-refractivity contribution in [1.29, 1.82) is 5.26 Å². The zero-order valence-electron chi connectivity index (χ0n) is 22.2. The molecule has 2 amide bonds. The summed E-state index contributed by atoms with van der Waals surface area (Å²) in [5.74, 6) is -1.95. The molecule has 0 N–H and O–H groups in total. The van der Waals surface area contributed by atoms with Crippen molar-refractivity contribution in [3.8, 4) is 11.8 Å². The molecule has 1 unspecified atom stereocenters. The van der Waals surface area contributed by atoms with Gasteiger partial charge in [0.1, 0.15) is 16.8 Å². The Kier molecular flexibility index (Phi) is 8.96. The van der Waals surface area contributed by atoms with Gasteiger partial charge in [-0.3, -0.25) is 14.4 Å². The van der Waals surface area contributed by atoms with Gasteiger partial charge in [0.25, 0.3) is 0 Å². The number of imide groups is 1. The van der Waals surface area contributed by atoms with Gasteiger partial charge in [-0.05, 0) is 68.4 Å². The van der Waals surface area contributed by atoms with Gasteiger partial charge in [0.05, 0.1) is 34.2 Å². The zero-order chi connectivity index (χ0) is 30.6. The first-order valence-corrected chi connectivity index (χ1v) is 13.4. The van der Waals surface area contributed by atoms with Crippen molar-refractivity contribution in [3.05, 3.63) is 82.5 Å². The number of esters is 1. The molecule has 3 aromatic rings. The lowest BCUT2D eigenvalue weighted by molar-refractivity contribution is -0.138. The Morgan fingerprint density at radius 1 is 1.10 bits per heavy atom. The first-order valence-electron chi connectivity index (χ1n) is 12.5. The van der Waals surface area contributed by atoms with Crippen LogP contribution in [0.25, 0.3) is 0 Å². The number of anilines is 1. The number of Topliss-reactive ketones (excluding diaryl/α,β-unsaturated/α-hetero) is 1. The highest BCUT2D eigenvalue weighted by atomic mass is 32.2. The van der Waals surface area contributed by atoms with E-state index in [1.54, 1.807) is 24.3 Å². The lowest BCUT2D eigenvalue weighted by atomic mass is 10.1. The molecule has 1 saturated heterocycles. The number of halogens is 3. The van der Waals surface area contributed by atoms with Gasteiger partial charge >= 0.3 is 12.1 Å². The van der Waals surface area contributed by atoms with Crippen LogP contribution in [0, 0.1) is 18.3 Å². The van der Waals surface area contributed by atoms with E-state index in [0.29, 0.717) is 29.7 Å². The van der Waals surface area contributed by atoms with Crippen LogP contribution in [-0.4, -0.2) is 47.0 Å². The number of hydrogen-bond donors (Lipinski definition) is 0. The molecular formula is C29H22F3N3O6S. The van der Waals surface area contributed by atoms with Crippen LogP contribution in [0.2, 0.25) is 0 Å². The van der Waals surface area contributed by atoms with Gasteiger partial charge in [0.15, 0.2) is 12.4 Å². The van der Waals surface area contributed by atoms with Crippen LogP contribution < -0.4 is 9.64 Å². The number of carbonyl (C=O) groups is 4. The number of carbonyl (C=O) groups excluding carboxylic acids is 4. The minimum Gasteiger partial charge on any atom is -0.494 e. The van der Waals surface area contributed by atoms with E-state index in [4.69, 9.17) is 9.47 Å². The largest absolute Gasteiger partial charge is 0.494 e. The minimum absolute atomic E-state index is 0.00103. The van der Waals surface area contributed by atoms with E-state index >= 15 is 0 Å². The normalized spacial score (nSPS) is 15.0. The number of thioether (sulfide) groups is 1. The second-order valence-electron chi connectivity index (χ2n) is 8.98. The molecule has 0 aliphatic carbocycles. The lowest BCUT2D eigenvalue weighted by Crippen LogP contribution is -2.31. The summed E-state index contributed by atoms with van der Waals surface area (Å²) in [5.41, 5.74) is -1.37. The monoisotopic (exact) mass is 597 g/mol. The van der Waals surface area contributed by atoms with E-state index < -0.39 is 52.7 Å². The summed E-state index contributed by atoms with van der Waals surface area (Å²) in [7, 11) is 0. The highest BCUT2D eigenvalue weighted by Gasteiger charge is 2.42. The summed E-state index contributed by atoms with van der Waals surface area (Å²) >= 11 is 0.617. The Bertz CT molecular complexity index is 1580. The van der Waals surface area contributed by atoms with E-state index in [2.05, 4.69) is 4.98 Å². The fourth-order valence-corrected chi connectivity index (χ4v) is 5.28. The van der Waals surface area contributed by atoms with Crippen LogP contribution >= 0.6 is 11.8 Å². The summed E-state index contributed by atoms with van der Waals surface area (Å²) < 4.78 is 50.8. The molecule has 1 aromatic heterocycles. The average Bonchev–Trinajstić information content (AvgIpc) is 3.23. The molecule has 2 aromatic carbocycles. The van der Waals surface area contributed by atoms with Crippen LogP contribution in [-0.2, 0) is 20.5 Å². The third-order valence-corrected chi connectivity index (χ3v) is 7.25. The summed E-state index contributed by atoms with van der Waals surface area (Å²) in [4.78, 5) is 55.5. The fourth-order valence-electron chi connectivity index (χ4n) is 4.11. The standard InChI is InChI=1S/C29H22F3N3O6S/c1-3-40-20-10-6-17(7-11-20)23(36)15-41-28(39)18-4-8-19(9-5-18)35-25(37)13-24(27(35)38)42-26-21(14-33)22(29(30,31)32)12-16(2)34-26/h4-12,24H,3,13,15H2,1-2H3. The molecule has 42 heavy (non-hydrogen) atoms. The number of benzene rings is 2. The summed E-state index contributed by atoms with van der Waals surface area (Å²) in [6, 6.07) is 13.9. The molecule has 216 valence electrons. The lowest BCUT2D eigenvalue weighted by Gasteiger charge is -2.16. The minimum atomic E-state index is -4.80. The van der Waals surface area contributed by atoms with Crippen molar-refractivity contribution >= 4 is 41.0 Å². The molecular weight excluding hydrogens is 575 g/mol. The van der Waals surface area contributed by atoms with Crippen molar-refractivity contribution in [2.45, 2.75) is 36.7 Å². The predicted molar refractivity (Wildman–Crippen MR) is 144 cm³/mol. The summed E-state index contributed by atoms with van der Waals surface area (Å²) in [6.07, 6.45) is -5.14. The number of ketones is 1. The summed E-state index contributed by atoms with van der Waals surface area (Å²) in [6.45, 7) is 3.13. The third kappa shape index (κ3) is 6.60. The molecule has 4 rings (SSSR count). The van der Waals surface area contributed by atoms with Crippen molar-refractivity contribution in [2.75, 3.05) is 18.1 Å². The Balaban J connectivity index is 1.42. The summed E-state index contributed by atoms with van der Waals surface area (Å²) in [5, 5.41) is 7.97. The van der Waals surface area contributed by atoms with E-state index in [0.717, 1.165) is 11.0 Å². The number of amides is 2. The number of pyridine rings is 1. The average molecular weight is 598 g/mol. The molecule has 13 heteroatoms. The number of aromatic nitrogens is 1. The Hall–Kier alpha value is -4.70. The topological polar surface area (TPSA) is 127 Å². The van der Waals surface area contributed by atoms with E-state index in [-0.39, 0.29) is 28.4 Å². The molecule has 0 spiro atoms. The number of ether oxygens (including phenoxy) is 2. The number of rotatable bonds is 9. The second-order valence-corrected chi connectivity index (χ2v) is 10.2. The van der Waals surface area contributed by atoms with E-state index in [1.807, 2.05) is 6.92 Å². The highest BCUT2D eigenvalue weighted by molar-refractivity contribution is 8.00. The molecule has 1 aliphatic rings. The van der Waals surface area contributed by atoms with Crippen molar-refractivity contribution in [1.82, 2.24) is 4.98 Å². The van der Waals surface area contributed by atoms with Crippen LogP contribution in [0.3, 0.4) is 0 Å². The second kappa shape index (κ2) is 12.4. The molecule has 9 nitrogen and oxygen atoms in total. The van der Waals surface area contributed by atoms with Crippen molar-refractivity contribution in [3.63, 3.8) is 0 Å². The molecule has 0 saturated carbocycles. The maximum Gasteiger partial charge on any atom is 0.417 e. The van der Waals surface area contributed by atoms with Crippen molar-refractivity contribution in [2.24, 2.45) is 0 Å². The van der Waals surface area contributed by atoms with Crippen molar-refractivity contribution < 1.29 is 41.8 Å². The number of alkyl halides is 3. The van der Waals surface area contributed by atoms with Gasteiger partial charge in [0.2, 0.25) is 11.8 Å². The van der Waals surface area contributed by atoms with Gasteiger partial charge in [-0.15, -0.1) is 0 Å². The molecule has 0 radical (unpaired) electrons. The van der Waals surface area contributed by atoms with Gasteiger partial charge in [0, 0.05) is 17.7 Å². The number of nitrogens with zero attached hydrogens (tertiary/aromatic N) is 3. The zero-order valence-corrected chi connectivity index (χ0v) is 23.0. The molecule has 1 fully saturated rings. The predicted octanol–water partition coefficient (Wildman–Crippen LogP) is 5.14. The first-order chi connectivity index (χ1) is 19.9. The molecule has 2 heterocycles. The van der Waals surface area contributed by atoms with Gasteiger partial charge < -0.3 is 9.47 Å². The maximum atomic E-state index is 13.5. The molecule has 1 atom stereocenters. The number of nitriles is 1. The van der Waals surface area contributed by atoms with Crippen LogP contribution in [0.1, 0.15) is 50.9 Å². The van der Waals surface area contributed by atoms with E-state index in [1.165, 1.54) is 37.3 Å². The Morgan fingerprint density at radius 3 is 2.33 bits per heavy atom. The maximum absolute atomic E-state index is 13.5. The van der Waals surface area contributed by atoms with Gasteiger partial charge in [-0.2, -0.15) is 18.4 Å². The van der Waals surface area contributed by atoms with Crippen LogP contribution in [0.15, 0.2) is 59.6 Å². The first kappa shape index (κ1) is 30.3. The van der Waals surface area contributed by atoms with Crippen LogP contribution in [0.4, 0.5) is 18.9 Å².